The number of piperidine rings is 3. The van der Waals surface area contributed by atoms with Crippen LogP contribution in [-0.2, 0) is 12.8 Å². The molecular formula is C65H76N6. The van der Waals surface area contributed by atoms with Gasteiger partial charge in [0, 0.05) is 121 Å². The van der Waals surface area contributed by atoms with E-state index in [4.69, 9.17) is 0 Å². The summed E-state index contributed by atoms with van der Waals surface area (Å²) in [5, 5.41) is 4.21. The fourth-order valence-corrected chi connectivity index (χ4v) is 15.8. The minimum Gasteiger partial charge on any atom is -0.361 e. The highest BCUT2D eigenvalue weighted by Crippen LogP contribution is 2.52. The Bertz CT molecular complexity index is 3060. The lowest BCUT2D eigenvalue weighted by Gasteiger charge is -2.54. The normalized spacial score (nSPS) is 28.3. The van der Waals surface area contributed by atoms with Crippen molar-refractivity contribution < 1.29 is 0 Å². The van der Waals surface area contributed by atoms with Crippen LogP contribution in [-0.4, -0.2) is 87.0 Å². The summed E-state index contributed by atoms with van der Waals surface area (Å²) in [6, 6.07) is 39.9. The van der Waals surface area contributed by atoms with E-state index in [-0.39, 0.29) is 0 Å². The fourth-order valence-electron chi connectivity index (χ4n) is 15.8. The van der Waals surface area contributed by atoms with Crippen molar-refractivity contribution in [2.24, 2.45) is 35.5 Å². The molecule has 6 nitrogen and oxygen atoms in total. The monoisotopic (exact) mass is 941 g/mol. The zero-order valence-corrected chi connectivity index (χ0v) is 42.4. The number of aromatic amines is 3. The van der Waals surface area contributed by atoms with E-state index < -0.39 is 0 Å². The molecule has 3 N–H and O–H groups in total. The molecule has 6 aliphatic heterocycles. The molecule has 0 saturated carbocycles. The van der Waals surface area contributed by atoms with Gasteiger partial charge in [-0.25, -0.2) is 0 Å². The van der Waals surface area contributed by atoms with E-state index >= 15 is 0 Å². The number of para-hydroxylation sites is 3. The van der Waals surface area contributed by atoms with Gasteiger partial charge in [-0.3, -0.25) is 14.7 Å². The van der Waals surface area contributed by atoms with Gasteiger partial charge in [-0.2, -0.15) is 0 Å². The van der Waals surface area contributed by atoms with Crippen LogP contribution in [0, 0.1) is 35.5 Å². The molecule has 6 bridgehead atoms. The minimum atomic E-state index is 0.363. The molecule has 71 heavy (non-hydrogen) atoms. The Morgan fingerprint density at radius 3 is 1.72 bits per heavy atom. The van der Waals surface area contributed by atoms with Crippen LogP contribution >= 0.6 is 0 Å². The molecule has 3 aromatic heterocycles. The van der Waals surface area contributed by atoms with Gasteiger partial charge in [-0.15, -0.1) is 0 Å². The Morgan fingerprint density at radius 1 is 0.521 bits per heavy atom. The molecule has 4 aromatic carbocycles. The highest BCUT2D eigenvalue weighted by Gasteiger charge is 2.48. The molecule has 16 rings (SSSR count). The topological polar surface area (TPSA) is 57.1 Å². The maximum Gasteiger partial charge on any atom is 0.0457 e. The second kappa shape index (κ2) is 19.6. The molecule has 0 amide bonds. The van der Waals surface area contributed by atoms with Gasteiger partial charge in [-0.1, -0.05) is 153 Å². The Labute approximate surface area is 422 Å². The summed E-state index contributed by atoms with van der Waals surface area (Å²) >= 11 is 0. The Hall–Kier alpha value is -5.40. The first-order valence-electron chi connectivity index (χ1n) is 28.1. The largest absolute Gasteiger partial charge is 0.361 e. The van der Waals surface area contributed by atoms with Crippen molar-refractivity contribution in [1.29, 1.82) is 0 Å². The number of rotatable bonds is 18. The van der Waals surface area contributed by atoms with Gasteiger partial charge >= 0.3 is 0 Å². The lowest BCUT2D eigenvalue weighted by atomic mass is 9.65. The molecule has 3 fully saturated rings. The quantitative estimate of drug-likeness (QED) is 0.0752. The van der Waals surface area contributed by atoms with Crippen LogP contribution in [0.25, 0.3) is 32.7 Å². The number of H-pyrrole nitrogens is 3. The second-order valence-electron chi connectivity index (χ2n) is 23.1. The van der Waals surface area contributed by atoms with Gasteiger partial charge in [0.15, 0.2) is 0 Å². The van der Waals surface area contributed by atoms with Gasteiger partial charge in [0.1, 0.15) is 0 Å². The van der Waals surface area contributed by atoms with Crippen molar-refractivity contribution in [3.05, 3.63) is 179 Å². The Balaban J connectivity index is 0.844. The van der Waals surface area contributed by atoms with Crippen molar-refractivity contribution >= 4 is 32.7 Å². The zero-order chi connectivity index (χ0) is 47.4. The number of benzene rings is 4. The number of nitrogens with one attached hydrogen (secondary N) is 3. The molecule has 3 saturated heterocycles. The van der Waals surface area contributed by atoms with Crippen LogP contribution in [0.5, 0.6) is 0 Å². The van der Waals surface area contributed by atoms with Crippen LogP contribution < -0.4 is 0 Å². The molecule has 7 aromatic rings. The first-order chi connectivity index (χ1) is 35.1. The number of aromatic nitrogens is 3. The molecule has 0 spiro atoms. The summed E-state index contributed by atoms with van der Waals surface area (Å²) in [5.41, 5.74) is 13.2. The van der Waals surface area contributed by atoms with Crippen LogP contribution in [0.1, 0.15) is 99.3 Å². The van der Waals surface area contributed by atoms with Crippen LogP contribution in [0.2, 0.25) is 0 Å². The lowest BCUT2D eigenvalue weighted by molar-refractivity contribution is 0.0484. The predicted octanol–water partition coefficient (Wildman–Crippen LogP) is 13.8. The van der Waals surface area contributed by atoms with E-state index in [1.165, 1.54) is 126 Å². The molecule has 9 heterocycles. The Kier molecular flexibility index (Phi) is 12.5. The van der Waals surface area contributed by atoms with E-state index in [0.717, 1.165) is 38.5 Å². The number of hydrogen-bond donors (Lipinski definition) is 3. The lowest BCUT2D eigenvalue weighted by Crippen LogP contribution is -2.56. The average Bonchev–Trinajstić information content (AvgIpc) is 4.17. The van der Waals surface area contributed by atoms with E-state index in [9.17, 15) is 0 Å². The van der Waals surface area contributed by atoms with Crippen LogP contribution in [0.4, 0.5) is 0 Å². The molecule has 11 unspecified atom stereocenters. The van der Waals surface area contributed by atoms with Gasteiger partial charge in [-0.05, 0) is 121 Å². The van der Waals surface area contributed by atoms with Crippen LogP contribution in [0.15, 0.2) is 157 Å². The van der Waals surface area contributed by atoms with E-state index in [1.54, 1.807) is 11.1 Å². The van der Waals surface area contributed by atoms with Crippen LogP contribution in [0.3, 0.4) is 0 Å². The molecule has 0 radical (unpaired) electrons. The van der Waals surface area contributed by atoms with Crippen molar-refractivity contribution in [3.8, 4) is 0 Å². The Morgan fingerprint density at radius 2 is 1.08 bits per heavy atom. The van der Waals surface area contributed by atoms with E-state index in [2.05, 4.69) is 190 Å². The molecule has 9 aliphatic rings. The molecule has 3 aliphatic carbocycles. The van der Waals surface area contributed by atoms with Crippen molar-refractivity contribution in [1.82, 2.24) is 29.7 Å². The molecular weight excluding hydrogens is 865 g/mol. The van der Waals surface area contributed by atoms with Crippen molar-refractivity contribution in [3.63, 3.8) is 0 Å². The first kappa shape index (κ1) is 45.5. The zero-order valence-electron chi connectivity index (χ0n) is 42.4. The molecule has 11 atom stereocenters. The first-order valence-corrected chi connectivity index (χ1v) is 28.1. The second-order valence-corrected chi connectivity index (χ2v) is 23.1. The standard InChI is InChI=1S/C65H76N6/c1-3-5-18-46-32-50-40-71(65(46)34-55(50)58(56-36-67-61-23-13-10-20-52(56)61)41-70-38-44-25-26-63(70)48(30-44)29-43-16-7-6-8-17-43)42-59(57-37-68-62-24-14-11-21-53(57)62)54-33-64-45(15-4-2)31-49(54)39-69(64)28-27-47-35-66-60-22-12-9-19-51(47)60/h6-14,16-17,19-26,33-37,44-46,48-50,58-59,63-68H,3-5,15,18,27-32,38-42H2,1-2H3. The number of fused-ring (bicyclic) bond motifs is 9. The average molecular weight is 941 g/mol. The fraction of sp³-hybridized carbons (Fsp3) is 0.446. The highest BCUT2D eigenvalue weighted by molar-refractivity contribution is 5.85. The van der Waals surface area contributed by atoms with Gasteiger partial charge in [0.05, 0.1) is 0 Å². The summed E-state index contributed by atoms with van der Waals surface area (Å²) in [7, 11) is 0. The number of nitrogens with zero attached hydrogens (tertiary/aromatic N) is 3. The predicted molar refractivity (Wildman–Crippen MR) is 295 cm³/mol. The SMILES string of the molecule is CCCCC1CC2CN(CC(C3=CC4C(CCC)CC3CN4CCc3c[nH]c4ccccc34)c3c[nH]c4ccccc34)C1C=C2C(CN1CC2C=CC1C(Cc1ccccc1)C2)c1c[nH]c2ccccc12. The smallest absolute Gasteiger partial charge is 0.0457 e. The third-order valence-corrected chi connectivity index (χ3v) is 19.0. The summed E-state index contributed by atoms with van der Waals surface area (Å²) < 4.78 is 0. The van der Waals surface area contributed by atoms with Gasteiger partial charge in [0.2, 0.25) is 0 Å². The maximum absolute atomic E-state index is 3.78. The summed E-state index contributed by atoms with van der Waals surface area (Å²) in [4.78, 5) is 20.0. The van der Waals surface area contributed by atoms with Gasteiger partial charge < -0.3 is 15.0 Å². The number of unbranched alkanes of at least 4 members (excludes halogenated alkanes) is 1. The van der Waals surface area contributed by atoms with E-state index in [1.807, 2.05) is 0 Å². The third-order valence-electron chi connectivity index (χ3n) is 19.0. The molecule has 6 heteroatoms. The summed E-state index contributed by atoms with van der Waals surface area (Å²) in [5.74, 6) is 4.57. The highest BCUT2D eigenvalue weighted by atomic mass is 15.2. The minimum absolute atomic E-state index is 0.363. The third kappa shape index (κ3) is 8.60. The van der Waals surface area contributed by atoms with Gasteiger partial charge in [0.25, 0.3) is 0 Å². The molecule has 366 valence electrons. The van der Waals surface area contributed by atoms with Crippen molar-refractivity contribution in [2.75, 3.05) is 39.3 Å². The van der Waals surface area contributed by atoms with E-state index in [0.29, 0.717) is 59.6 Å². The number of hydrogen-bond acceptors (Lipinski definition) is 3. The maximum atomic E-state index is 3.78. The summed E-state index contributed by atoms with van der Waals surface area (Å²) in [6.45, 7) is 11.6. The summed E-state index contributed by atoms with van der Waals surface area (Å²) in [6.07, 6.45) is 30.7. The van der Waals surface area contributed by atoms with Crippen molar-refractivity contribution in [2.45, 2.75) is 108 Å².